The third kappa shape index (κ3) is 20.3. The van der Waals surface area contributed by atoms with Crippen LogP contribution in [-0.4, -0.2) is 9.97 Å². The summed E-state index contributed by atoms with van der Waals surface area (Å²) in [6.45, 7) is 41.6. The molecule has 0 saturated carbocycles. The minimum absolute atomic E-state index is 0.486. The van der Waals surface area contributed by atoms with E-state index in [0.29, 0.717) is 35.1 Å². The monoisotopic (exact) mass is 1770 g/mol. The third-order valence-corrected chi connectivity index (χ3v) is 26.6. The number of hydrogen-bond donors (Lipinski definition) is 0. The second-order valence-corrected chi connectivity index (χ2v) is 38.6. The molecule has 676 valence electrons. The molecule has 0 spiro atoms. The molecular weight excluding hydrogens is 1630 g/mol. The predicted molar refractivity (Wildman–Crippen MR) is 560 cm³/mol. The van der Waals surface area contributed by atoms with Crippen molar-refractivity contribution in [3.05, 3.63) is 381 Å². The van der Waals surface area contributed by atoms with Gasteiger partial charge in [-0.05, 0) is 265 Å². The number of para-hydroxylation sites is 1. The molecule has 0 unspecified atom stereocenters. The third-order valence-electron chi connectivity index (χ3n) is 26.6. The Morgan fingerprint density at radius 1 is 0.269 bits per heavy atom. The van der Waals surface area contributed by atoms with Gasteiger partial charge in [-0.1, -0.05) is 194 Å². The normalized spacial score (nSPS) is 11.4. The maximum atomic E-state index is 6.23. The molecule has 10 aromatic heterocycles. The highest BCUT2D eigenvalue weighted by atomic mass is 16.3. The van der Waals surface area contributed by atoms with Crippen LogP contribution in [0.25, 0.3) is 155 Å². The lowest BCUT2D eigenvalue weighted by molar-refractivity contribution is -0.660. The number of rotatable bonds is 13. The van der Waals surface area contributed by atoms with Crippen molar-refractivity contribution in [2.75, 3.05) is 0 Å². The van der Waals surface area contributed by atoms with Crippen LogP contribution in [0.2, 0.25) is 0 Å². The van der Waals surface area contributed by atoms with Crippen molar-refractivity contribution in [3.8, 4) is 67.5 Å². The fourth-order valence-corrected chi connectivity index (χ4v) is 19.2. The van der Waals surface area contributed by atoms with Gasteiger partial charge in [-0.3, -0.25) is 0 Å². The second-order valence-electron chi connectivity index (χ2n) is 38.6. The maximum absolute atomic E-state index is 6.23. The molecule has 0 aliphatic rings. The van der Waals surface area contributed by atoms with Crippen LogP contribution in [0.15, 0.2) is 306 Å². The molecule has 0 aliphatic heterocycles. The molecule has 0 atom stereocenters. The molecule has 0 fully saturated rings. The summed E-state index contributed by atoms with van der Waals surface area (Å²) in [5.41, 5.74) is 42.7. The lowest BCUT2D eigenvalue weighted by Crippen LogP contribution is -2.32. The first-order valence-corrected chi connectivity index (χ1v) is 47.7. The van der Waals surface area contributed by atoms with E-state index in [9.17, 15) is 0 Å². The van der Waals surface area contributed by atoms with Crippen molar-refractivity contribution in [1.82, 2.24) is 9.97 Å². The highest BCUT2D eigenvalue weighted by molar-refractivity contribution is 6.10. The van der Waals surface area contributed by atoms with Gasteiger partial charge >= 0.3 is 0 Å². The number of aromatic nitrogens is 8. The SMILES string of the molecule is Cc1cc(C)c(C)c(-c2ccc3c(CC(C)C)cccc3[n+]2C)c1.Cc1ccc(C)c(-c2ccc3c(CC(C)C)cccc3[n+]2C)c1.Cc1ccc2c(n1)oc1c(-c3cc(C(C)C)cc[n+]3C)c(C)ccc12.Cc1ccc2c(n1)oc1c(-c3cccc[n+]3C)c(C)ccc12.Cc1ccccc1-c1ccc2c(CC(C)C)cccc2[n+]1C.Cc1ccccc1-c1ccc2ccccc2[n+]1C. The van der Waals surface area contributed by atoms with Crippen LogP contribution in [0.3, 0.4) is 0 Å². The number of hydrogen-bond acceptors (Lipinski definition) is 4. The molecule has 0 N–H and O–H groups in total. The predicted octanol–water partition coefficient (Wildman–Crippen LogP) is 28.4. The minimum atomic E-state index is 0.486. The Balaban J connectivity index is 0.000000123. The Labute approximate surface area is 794 Å². The van der Waals surface area contributed by atoms with Crippen molar-refractivity contribution in [2.45, 2.75) is 157 Å². The van der Waals surface area contributed by atoms with E-state index in [1.807, 2.05) is 32.0 Å². The number of pyridine rings is 8. The molecule has 0 aliphatic carbocycles. The van der Waals surface area contributed by atoms with Crippen LogP contribution < -0.4 is 27.4 Å². The zero-order valence-electron chi connectivity index (χ0n) is 83.6. The van der Waals surface area contributed by atoms with Crippen molar-refractivity contribution >= 4 is 87.7 Å². The quantitative estimate of drug-likeness (QED) is 0.108. The summed E-state index contributed by atoms with van der Waals surface area (Å²) in [5.74, 6) is 2.50. The fourth-order valence-electron chi connectivity index (χ4n) is 19.2. The van der Waals surface area contributed by atoms with Gasteiger partial charge in [0.1, 0.15) is 42.3 Å². The van der Waals surface area contributed by atoms with Crippen LogP contribution >= 0.6 is 0 Å². The van der Waals surface area contributed by atoms with Gasteiger partial charge < -0.3 is 8.83 Å². The van der Waals surface area contributed by atoms with Gasteiger partial charge in [0.05, 0.1) is 11.1 Å². The largest absolute Gasteiger partial charge is 0.437 e. The molecule has 134 heavy (non-hydrogen) atoms. The molecule has 0 saturated heterocycles. The summed E-state index contributed by atoms with van der Waals surface area (Å²) in [6, 6.07) is 102. The first-order chi connectivity index (χ1) is 64.3. The minimum Gasteiger partial charge on any atom is -0.437 e. The zero-order valence-corrected chi connectivity index (χ0v) is 83.6. The van der Waals surface area contributed by atoms with Gasteiger partial charge in [0, 0.05) is 150 Å². The first-order valence-electron chi connectivity index (χ1n) is 47.7. The van der Waals surface area contributed by atoms with Crippen LogP contribution in [-0.2, 0) is 61.5 Å². The molecule has 10 heterocycles. The average molecular weight is 1770 g/mol. The van der Waals surface area contributed by atoms with Crippen LogP contribution in [0.1, 0.15) is 145 Å². The van der Waals surface area contributed by atoms with Crippen LogP contribution in [0, 0.1) is 93.9 Å². The number of furan rings is 2. The van der Waals surface area contributed by atoms with E-state index in [1.54, 1.807) is 0 Å². The summed E-state index contributed by atoms with van der Waals surface area (Å²) in [6.07, 6.45) is 7.56. The summed E-state index contributed by atoms with van der Waals surface area (Å²) in [5, 5.41) is 9.78. The molecule has 0 amide bonds. The molecule has 10 nitrogen and oxygen atoms in total. The topological polar surface area (TPSA) is 75.3 Å². The van der Waals surface area contributed by atoms with E-state index >= 15 is 0 Å². The average Bonchev–Trinajstić information content (AvgIpc) is 1.58. The molecule has 10 heteroatoms. The first kappa shape index (κ1) is 94.7. The van der Waals surface area contributed by atoms with E-state index in [4.69, 9.17) is 8.83 Å². The van der Waals surface area contributed by atoms with Gasteiger partial charge in [-0.2, -0.15) is 18.3 Å². The zero-order chi connectivity index (χ0) is 95.2. The summed E-state index contributed by atoms with van der Waals surface area (Å²) < 4.78 is 25.9. The number of benzene rings is 10. The van der Waals surface area contributed by atoms with Crippen LogP contribution in [0.5, 0.6) is 0 Å². The van der Waals surface area contributed by atoms with E-state index < -0.39 is 0 Å². The molecular formula is C124H134N8O2+6. The summed E-state index contributed by atoms with van der Waals surface area (Å²) >= 11 is 0. The number of aryl methyl sites for hydroxylation is 16. The fraction of sp³-hybridized carbons (Fsp3) is 0.258. The Kier molecular flexibility index (Phi) is 29.0. The van der Waals surface area contributed by atoms with E-state index in [-0.39, 0.29) is 0 Å². The molecule has 20 aromatic rings. The van der Waals surface area contributed by atoms with E-state index in [2.05, 4.69) is 477 Å². The maximum Gasteiger partial charge on any atom is 0.227 e. The lowest BCUT2D eigenvalue weighted by Gasteiger charge is -2.12. The second kappa shape index (κ2) is 41.0. The van der Waals surface area contributed by atoms with Crippen LogP contribution in [0.4, 0.5) is 0 Å². The number of nitrogens with zero attached hydrogens (tertiary/aromatic N) is 8. The molecule has 10 aromatic carbocycles. The van der Waals surface area contributed by atoms with Crippen molar-refractivity contribution in [1.29, 1.82) is 0 Å². The van der Waals surface area contributed by atoms with E-state index in [0.717, 1.165) is 80.2 Å². The molecule has 20 rings (SSSR count). The molecule has 0 radical (unpaired) electrons. The Hall–Kier alpha value is -14.0. The van der Waals surface area contributed by atoms with Crippen molar-refractivity contribution < 1.29 is 36.2 Å². The highest BCUT2D eigenvalue weighted by Gasteiger charge is 2.27. The van der Waals surface area contributed by atoms with Gasteiger partial charge in [-0.15, -0.1) is 0 Å². The molecule has 0 bridgehead atoms. The standard InChI is InChI=1S/C23H28N.C22H23N2O.C22H26N.C21H24N.C19H17N2O.C17H16N/c1-15(2)12-19-8-7-9-22-20(19)10-11-23(24(22)6)21-14-16(3)13-17(4)18(21)5;1-13(2)16-10-11-24(5)19(12-16)20-14(3)6-8-17-18-9-7-15(4)23-22(18)25-21(17)20;1-15(2)13-18-7-6-8-21-19(18)11-12-22(23(21)5)20-14-16(3)9-10-17(20)4;1-15(2)14-17-9-7-11-20-19(17)12-13-21(22(20)4)18-10-6-5-8-16(18)3;1-12-7-9-14-15-10-8-13(2)20-19(15)22-18(14)17(12)16-6-4-5-11-21(16)3;1-13-7-3-5-9-15(13)17-12-11-14-8-4-6-10-16(14)18(17)2/h7-11,13-15H,12H2,1-6H3;6-13H,1-5H3;6-12,14-15H,13H2,1-5H3;5-13,15H,14H2,1-4H3;4-11H,1-3H3;3-12H,1-2H3/q6*+1. The highest BCUT2D eigenvalue weighted by Crippen LogP contribution is 2.40. The van der Waals surface area contributed by atoms with Gasteiger partial charge in [0.2, 0.25) is 67.7 Å². The summed E-state index contributed by atoms with van der Waals surface area (Å²) in [7, 11) is 12.8. The van der Waals surface area contributed by atoms with E-state index in [1.165, 1.54) is 167 Å². The number of fused-ring (bicyclic) bond motifs is 10. The Bertz CT molecular complexity index is 7770. The van der Waals surface area contributed by atoms with Gasteiger partial charge in [0.25, 0.3) is 0 Å². The summed E-state index contributed by atoms with van der Waals surface area (Å²) in [4.78, 5) is 9.10. The Morgan fingerprint density at radius 2 is 0.657 bits per heavy atom. The van der Waals surface area contributed by atoms with Crippen molar-refractivity contribution in [2.24, 2.45) is 60.0 Å². The Morgan fingerprint density at radius 3 is 1.13 bits per heavy atom. The van der Waals surface area contributed by atoms with Gasteiger partial charge in [-0.25, -0.2) is 19.1 Å². The van der Waals surface area contributed by atoms with Gasteiger partial charge in [0.15, 0.2) is 23.6 Å². The van der Waals surface area contributed by atoms with Crippen molar-refractivity contribution in [3.63, 3.8) is 0 Å². The smallest absolute Gasteiger partial charge is 0.227 e. The lowest BCUT2D eigenvalue weighted by atomic mass is 9.95.